The van der Waals surface area contributed by atoms with Gasteiger partial charge in [0.25, 0.3) is 5.91 Å². The van der Waals surface area contributed by atoms with E-state index in [0.29, 0.717) is 40.5 Å². The zero-order valence-corrected chi connectivity index (χ0v) is 26.9. The van der Waals surface area contributed by atoms with E-state index in [-0.39, 0.29) is 24.4 Å². The van der Waals surface area contributed by atoms with E-state index in [1.807, 2.05) is 19.1 Å². The van der Waals surface area contributed by atoms with Crippen molar-refractivity contribution in [3.05, 3.63) is 64.8 Å². The molecule has 15 heteroatoms. The molecule has 1 saturated heterocycles. The lowest BCUT2D eigenvalue weighted by molar-refractivity contribution is -0.137. The highest BCUT2D eigenvalue weighted by Crippen LogP contribution is 2.36. The van der Waals surface area contributed by atoms with E-state index in [0.717, 1.165) is 44.7 Å². The van der Waals surface area contributed by atoms with Crippen molar-refractivity contribution in [1.82, 2.24) is 20.2 Å². The maximum atomic E-state index is 13.9. The number of hydrogen-bond donors (Lipinski definition) is 3. The molecule has 1 aromatic heterocycles. The maximum absolute atomic E-state index is 13.9. The highest BCUT2D eigenvalue weighted by atomic mass is 32.2. The molecule has 5 rings (SSSR count). The Kier molecular flexibility index (Phi) is 10.3. The zero-order valence-electron chi connectivity index (χ0n) is 26.1. The Hall–Kier alpha value is -3.95. The summed E-state index contributed by atoms with van der Waals surface area (Å²) in [5, 5.41) is 8.77. The van der Waals surface area contributed by atoms with Crippen molar-refractivity contribution in [1.29, 1.82) is 0 Å². The van der Waals surface area contributed by atoms with E-state index in [1.165, 1.54) is 13.4 Å². The molecule has 1 saturated carbocycles. The molecular weight excluding hydrogens is 623 g/mol. The van der Waals surface area contributed by atoms with E-state index in [1.54, 1.807) is 35.6 Å². The van der Waals surface area contributed by atoms with Crippen LogP contribution in [0.3, 0.4) is 0 Å². The molecule has 2 heterocycles. The SMILES string of the molecule is COc1cc(C(=O)NC2CC(N3CCOCC3)C2)ccc1Nc1ncc(C(F)(F)F)c(NCc2ccc(C)cc2N(C)S(C)=O)n1. The van der Waals surface area contributed by atoms with Crippen LogP contribution in [-0.2, 0) is 28.4 Å². The van der Waals surface area contributed by atoms with Gasteiger partial charge >= 0.3 is 6.18 Å². The molecule has 2 aromatic carbocycles. The normalized spacial score (nSPS) is 19.1. The van der Waals surface area contributed by atoms with Crippen LogP contribution >= 0.6 is 0 Å². The molecule has 2 aliphatic rings. The summed E-state index contributed by atoms with van der Waals surface area (Å²) in [5.41, 5.74) is 1.90. The first-order valence-electron chi connectivity index (χ1n) is 14.9. The summed E-state index contributed by atoms with van der Waals surface area (Å²) in [6.45, 7) is 5.14. The number of amides is 1. The van der Waals surface area contributed by atoms with Crippen LogP contribution in [0.4, 0.5) is 36.3 Å². The second-order valence-electron chi connectivity index (χ2n) is 11.3. The standard InChI is InChI=1S/C31H38F3N7O4S/c1-19-5-6-21(26(13-19)40(2)46(4)43)17-35-28-24(31(32,33)34)18-36-30(39-28)38-25-8-7-20(14-27(25)44-3)29(42)37-22-15-23(16-22)41-9-11-45-12-10-41/h5-8,13-14,18,22-23H,9-12,15-17H2,1-4H3,(H,37,42)(H2,35,36,38,39). The minimum atomic E-state index is -4.71. The first-order chi connectivity index (χ1) is 21.9. The second kappa shape index (κ2) is 14.2. The van der Waals surface area contributed by atoms with Crippen molar-refractivity contribution in [3.63, 3.8) is 0 Å². The van der Waals surface area contributed by atoms with Gasteiger partial charge in [0.05, 0.1) is 31.7 Å². The summed E-state index contributed by atoms with van der Waals surface area (Å²) in [5.74, 6) is -0.473. The monoisotopic (exact) mass is 661 g/mol. The number of anilines is 4. The number of ether oxygens (including phenoxy) is 2. The maximum Gasteiger partial charge on any atom is 0.421 e. The van der Waals surface area contributed by atoms with Crippen molar-refractivity contribution >= 4 is 40.0 Å². The summed E-state index contributed by atoms with van der Waals surface area (Å²) in [7, 11) is 1.75. The quantitative estimate of drug-likeness (QED) is 0.273. The van der Waals surface area contributed by atoms with Crippen molar-refractivity contribution < 1.29 is 31.6 Å². The van der Waals surface area contributed by atoms with Crippen LogP contribution in [-0.4, -0.2) is 83.8 Å². The lowest BCUT2D eigenvalue weighted by Crippen LogP contribution is -2.56. The van der Waals surface area contributed by atoms with Crippen molar-refractivity contribution in [2.24, 2.45) is 0 Å². The van der Waals surface area contributed by atoms with E-state index in [4.69, 9.17) is 9.47 Å². The number of methoxy groups -OCH3 is 1. The van der Waals surface area contributed by atoms with Gasteiger partial charge in [-0.05, 0) is 55.2 Å². The summed E-state index contributed by atoms with van der Waals surface area (Å²) >= 11 is 0. The molecule has 3 aromatic rings. The second-order valence-corrected chi connectivity index (χ2v) is 12.7. The molecule has 46 heavy (non-hydrogen) atoms. The van der Waals surface area contributed by atoms with Gasteiger partial charge < -0.3 is 25.4 Å². The van der Waals surface area contributed by atoms with Gasteiger partial charge in [-0.15, -0.1) is 0 Å². The fourth-order valence-electron chi connectivity index (χ4n) is 5.49. The molecule has 1 amide bonds. The number of morpholine rings is 1. The molecule has 0 radical (unpaired) electrons. The predicted octanol–water partition coefficient (Wildman–Crippen LogP) is 4.49. The molecular formula is C31H38F3N7O4S. The topological polar surface area (TPSA) is 121 Å². The number of carbonyl (C=O) groups is 1. The Morgan fingerprint density at radius 1 is 1.17 bits per heavy atom. The van der Waals surface area contributed by atoms with Gasteiger partial charge in [-0.25, -0.2) is 9.19 Å². The van der Waals surface area contributed by atoms with E-state index >= 15 is 0 Å². The molecule has 1 unspecified atom stereocenters. The number of aryl methyl sites for hydroxylation is 1. The molecule has 1 atom stereocenters. The molecule has 0 spiro atoms. The third-order valence-corrected chi connectivity index (χ3v) is 9.19. The Morgan fingerprint density at radius 3 is 2.59 bits per heavy atom. The van der Waals surface area contributed by atoms with Crippen molar-refractivity contribution in [2.45, 2.75) is 44.6 Å². The summed E-state index contributed by atoms with van der Waals surface area (Å²) in [4.78, 5) is 23.4. The van der Waals surface area contributed by atoms with Crippen LogP contribution in [0.2, 0.25) is 0 Å². The number of halogens is 3. The van der Waals surface area contributed by atoms with Crippen molar-refractivity contribution in [2.75, 3.05) is 61.7 Å². The number of rotatable bonds is 11. The fraction of sp³-hybridized carbons (Fsp3) is 0.452. The van der Waals surface area contributed by atoms with Gasteiger partial charge in [-0.3, -0.25) is 14.0 Å². The Labute approximate surface area is 268 Å². The van der Waals surface area contributed by atoms with Gasteiger partial charge in [-0.1, -0.05) is 12.1 Å². The predicted molar refractivity (Wildman–Crippen MR) is 171 cm³/mol. The molecule has 1 aliphatic heterocycles. The third-order valence-electron chi connectivity index (χ3n) is 8.23. The number of aromatic nitrogens is 2. The van der Waals surface area contributed by atoms with Crippen molar-refractivity contribution in [3.8, 4) is 5.75 Å². The minimum absolute atomic E-state index is 0.0159. The third kappa shape index (κ3) is 7.88. The van der Waals surface area contributed by atoms with E-state index < -0.39 is 28.5 Å². The lowest BCUT2D eigenvalue weighted by Gasteiger charge is -2.44. The Bertz CT molecular complexity index is 1580. The number of carbonyl (C=O) groups excluding carboxylic acids is 1. The van der Waals surface area contributed by atoms with Crippen LogP contribution in [0.15, 0.2) is 42.6 Å². The largest absolute Gasteiger partial charge is 0.495 e. The summed E-state index contributed by atoms with van der Waals surface area (Å²) < 4.78 is 66.3. The molecule has 1 aliphatic carbocycles. The fourth-order valence-corrected chi connectivity index (χ4v) is 5.94. The molecule has 3 N–H and O–H groups in total. The number of alkyl halides is 3. The Balaban J connectivity index is 1.29. The number of benzene rings is 2. The minimum Gasteiger partial charge on any atom is -0.495 e. The van der Waals surface area contributed by atoms with E-state index in [2.05, 4.69) is 30.8 Å². The lowest BCUT2D eigenvalue weighted by atomic mass is 9.85. The van der Waals surface area contributed by atoms with Gasteiger partial charge in [0, 0.05) is 56.8 Å². The Morgan fingerprint density at radius 2 is 1.91 bits per heavy atom. The molecule has 11 nitrogen and oxygen atoms in total. The number of nitrogens with one attached hydrogen (secondary N) is 3. The van der Waals surface area contributed by atoms with E-state index in [9.17, 15) is 22.2 Å². The summed E-state index contributed by atoms with van der Waals surface area (Å²) in [6.07, 6.45) is -0.729. The smallest absolute Gasteiger partial charge is 0.421 e. The van der Waals surface area contributed by atoms with Gasteiger partial charge in [-0.2, -0.15) is 18.2 Å². The number of hydrogen-bond acceptors (Lipinski definition) is 9. The van der Waals surface area contributed by atoms with Crippen LogP contribution in [0.25, 0.3) is 0 Å². The molecule has 0 bridgehead atoms. The first-order valence-corrected chi connectivity index (χ1v) is 16.4. The highest BCUT2D eigenvalue weighted by Gasteiger charge is 2.36. The molecule has 248 valence electrons. The summed E-state index contributed by atoms with van der Waals surface area (Å²) in [6, 6.07) is 10.7. The molecule has 2 fully saturated rings. The number of nitrogens with zero attached hydrogens (tertiary/aromatic N) is 4. The zero-order chi connectivity index (χ0) is 33.0. The van der Waals surface area contributed by atoms with Crippen LogP contribution in [0.5, 0.6) is 5.75 Å². The average molecular weight is 662 g/mol. The highest BCUT2D eigenvalue weighted by molar-refractivity contribution is 7.85. The average Bonchev–Trinajstić information content (AvgIpc) is 3.01. The van der Waals surface area contributed by atoms with Gasteiger partial charge in [0.2, 0.25) is 5.95 Å². The van der Waals surface area contributed by atoms with Gasteiger partial charge in [0.1, 0.15) is 28.1 Å². The van der Waals surface area contributed by atoms with Crippen LogP contribution in [0.1, 0.15) is 39.9 Å². The van der Waals surface area contributed by atoms with Crippen LogP contribution in [0, 0.1) is 6.92 Å². The first kappa shape index (κ1) is 33.4. The van der Waals surface area contributed by atoms with Gasteiger partial charge in [0.15, 0.2) is 0 Å². The van der Waals surface area contributed by atoms with Crippen LogP contribution < -0.4 is 25.0 Å².